The summed E-state index contributed by atoms with van der Waals surface area (Å²) in [5.41, 5.74) is 1.21. The molecule has 1 saturated carbocycles. The highest BCUT2D eigenvalue weighted by atomic mass is 16.5. The summed E-state index contributed by atoms with van der Waals surface area (Å²) in [7, 11) is 0. The average Bonchev–Trinajstić information content (AvgIpc) is 2.96. The van der Waals surface area contributed by atoms with Crippen molar-refractivity contribution >= 4 is 0 Å². The van der Waals surface area contributed by atoms with Crippen LogP contribution in [0.1, 0.15) is 37.7 Å². The molecule has 3 heteroatoms. The van der Waals surface area contributed by atoms with Gasteiger partial charge in [-0.1, -0.05) is 43.4 Å². The molecular weight excluding hydrogens is 250 g/mol. The highest BCUT2D eigenvalue weighted by molar-refractivity contribution is 5.26. The van der Waals surface area contributed by atoms with Crippen LogP contribution in [0.5, 0.6) is 5.75 Å². The fourth-order valence-corrected chi connectivity index (χ4v) is 2.76. The molecule has 2 rings (SSSR count). The van der Waals surface area contributed by atoms with E-state index in [1.807, 2.05) is 31.2 Å². The van der Waals surface area contributed by atoms with E-state index in [0.717, 1.165) is 18.2 Å². The molecule has 3 nitrogen and oxygen atoms in total. The summed E-state index contributed by atoms with van der Waals surface area (Å²) < 4.78 is 5.56. The molecular formula is C17H27NO2. The van der Waals surface area contributed by atoms with E-state index in [1.54, 1.807) is 0 Å². The van der Waals surface area contributed by atoms with Gasteiger partial charge in [-0.15, -0.1) is 0 Å². The Morgan fingerprint density at radius 3 is 2.65 bits per heavy atom. The molecule has 112 valence electrons. The Labute approximate surface area is 122 Å². The van der Waals surface area contributed by atoms with Gasteiger partial charge in [0.2, 0.25) is 0 Å². The lowest BCUT2D eigenvalue weighted by Gasteiger charge is -2.14. The van der Waals surface area contributed by atoms with Crippen molar-refractivity contribution in [1.82, 2.24) is 5.32 Å². The molecule has 0 saturated heterocycles. The lowest BCUT2D eigenvalue weighted by Crippen LogP contribution is -2.32. The van der Waals surface area contributed by atoms with Gasteiger partial charge in [0.15, 0.2) is 0 Å². The van der Waals surface area contributed by atoms with Gasteiger partial charge in [-0.2, -0.15) is 0 Å². The maximum Gasteiger partial charge on any atom is 0.119 e. The Kier molecular flexibility index (Phi) is 6.34. The molecule has 2 N–H and O–H groups in total. The van der Waals surface area contributed by atoms with Crippen molar-refractivity contribution in [2.45, 2.75) is 45.1 Å². The van der Waals surface area contributed by atoms with Gasteiger partial charge in [-0.25, -0.2) is 0 Å². The summed E-state index contributed by atoms with van der Waals surface area (Å²) in [5, 5.41) is 13.2. The van der Waals surface area contributed by atoms with E-state index in [-0.39, 0.29) is 0 Å². The third-order valence-corrected chi connectivity index (χ3v) is 4.05. The molecule has 1 aliphatic rings. The highest BCUT2D eigenvalue weighted by Crippen LogP contribution is 2.26. The second-order valence-electron chi connectivity index (χ2n) is 5.92. The molecule has 1 aromatic carbocycles. The van der Waals surface area contributed by atoms with Crippen LogP contribution in [0, 0.1) is 12.8 Å². The van der Waals surface area contributed by atoms with Gasteiger partial charge < -0.3 is 15.2 Å². The van der Waals surface area contributed by atoms with E-state index >= 15 is 0 Å². The fraction of sp³-hybridized carbons (Fsp3) is 0.647. The zero-order valence-corrected chi connectivity index (χ0v) is 12.5. The molecule has 1 unspecified atom stereocenters. The standard InChI is InChI=1S/C17H27NO2/c1-14-6-8-17(9-7-14)20-13-16(19)12-18-11-10-15-4-2-3-5-15/h6-9,15-16,18-19H,2-5,10-13H2,1H3. The first-order valence-electron chi connectivity index (χ1n) is 7.82. The van der Waals surface area contributed by atoms with Crippen molar-refractivity contribution in [1.29, 1.82) is 0 Å². The van der Waals surface area contributed by atoms with Gasteiger partial charge in [0.25, 0.3) is 0 Å². The number of aliphatic hydroxyl groups excluding tert-OH is 1. The van der Waals surface area contributed by atoms with Crippen LogP contribution < -0.4 is 10.1 Å². The highest BCUT2D eigenvalue weighted by Gasteiger charge is 2.14. The summed E-state index contributed by atoms with van der Waals surface area (Å²) in [4.78, 5) is 0. The number of hydrogen-bond acceptors (Lipinski definition) is 3. The van der Waals surface area contributed by atoms with Gasteiger partial charge in [-0.05, 0) is 37.9 Å². The monoisotopic (exact) mass is 277 g/mol. The van der Waals surface area contributed by atoms with Crippen LogP contribution in [-0.4, -0.2) is 30.9 Å². The molecule has 0 bridgehead atoms. The first-order valence-corrected chi connectivity index (χ1v) is 7.82. The number of nitrogens with one attached hydrogen (secondary N) is 1. The van der Waals surface area contributed by atoms with Crippen molar-refractivity contribution in [3.05, 3.63) is 29.8 Å². The summed E-state index contributed by atoms with van der Waals surface area (Å²) in [6.07, 6.45) is 6.38. The van der Waals surface area contributed by atoms with Crippen molar-refractivity contribution in [2.75, 3.05) is 19.7 Å². The van der Waals surface area contributed by atoms with Gasteiger partial charge in [0, 0.05) is 6.54 Å². The quantitative estimate of drug-likeness (QED) is 0.718. The smallest absolute Gasteiger partial charge is 0.119 e. The predicted octanol–water partition coefficient (Wildman–Crippen LogP) is 2.90. The molecule has 0 spiro atoms. The number of hydrogen-bond donors (Lipinski definition) is 2. The number of aliphatic hydroxyl groups is 1. The second kappa shape index (κ2) is 8.28. The van der Waals surface area contributed by atoms with Crippen molar-refractivity contribution in [3.8, 4) is 5.75 Å². The van der Waals surface area contributed by atoms with E-state index in [0.29, 0.717) is 13.2 Å². The van der Waals surface area contributed by atoms with Gasteiger partial charge in [0.05, 0.1) is 0 Å². The second-order valence-corrected chi connectivity index (χ2v) is 5.92. The Morgan fingerprint density at radius 2 is 1.95 bits per heavy atom. The van der Waals surface area contributed by atoms with Gasteiger partial charge in [-0.3, -0.25) is 0 Å². The zero-order valence-electron chi connectivity index (χ0n) is 12.5. The lowest BCUT2D eigenvalue weighted by molar-refractivity contribution is 0.106. The Bertz CT molecular complexity index is 371. The summed E-state index contributed by atoms with van der Waals surface area (Å²) in [6.45, 7) is 4.01. The molecule has 1 fully saturated rings. The van der Waals surface area contributed by atoms with Crippen molar-refractivity contribution in [2.24, 2.45) is 5.92 Å². The minimum absolute atomic E-state index is 0.347. The topological polar surface area (TPSA) is 41.5 Å². The molecule has 1 aromatic rings. The average molecular weight is 277 g/mol. The fourth-order valence-electron chi connectivity index (χ4n) is 2.76. The molecule has 0 aliphatic heterocycles. The van der Waals surface area contributed by atoms with Crippen molar-refractivity contribution < 1.29 is 9.84 Å². The Balaban J connectivity index is 1.53. The minimum atomic E-state index is -0.445. The summed E-state index contributed by atoms with van der Waals surface area (Å²) >= 11 is 0. The molecule has 1 atom stereocenters. The maximum absolute atomic E-state index is 9.87. The molecule has 0 radical (unpaired) electrons. The van der Waals surface area contributed by atoms with Crippen LogP contribution in [0.3, 0.4) is 0 Å². The minimum Gasteiger partial charge on any atom is -0.491 e. The van der Waals surface area contributed by atoms with Crippen LogP contribution in [0.15, 0.2) is 24.3 Å². The van der Waals surface area contributed by atoms with Crippen LogP contribution in [-0.2, 0) is 0 Å². The van der Waals surface area contributed by atoms with Crippen LogP contribution in [0.4, 0.5) is 0 Å². The molecule has 0 amide bonds. The van der Waals surface area contributed by atoms with E-state index < -0.39 is 6.10 Å². The Morgan fingerprint density at radius 1 is 1.25 bits per heavy atom. The maximum atomic E-state index is 9.87. The normalized spacial score (nSPS) is 17.3. The van der Waals surface area contributed by atoms with Gasteiger partial charge in [0.1, 0.15) is 18.5 Å². The molecule has 1 aliphatic carbocycles. The number of ether oxygens (including phenoxy) is 1. The molecule has 0 aromatic heterocycles. The zero-order chi connectivity index (χ0) is 14.2. The summed E-state index contributed by atoms with van der Waals surface area (Å²) in [6, 6.07) is 7.91. The lowest BCUT2D eigenvalue weighted by atomic mass is 10.0. The van der Waals surface area contributed by atoms with Gasteiger partial charge >= 0.3 is 0 Å². The third kappa shape index (κ3) is 5.51. The van der Waals surface area contributed by atoms with E-state index in [2.05, 4.69) is 5.32 Å². The van der Waals surface area contributed by atoms with Crippen LogP contribution in [0.25, 0.3) is 0 Å². The van der Waals surface area contributed by atoms with E-state index in [1.165, 1.54) is 37.7 Å². The number of aryl methyl sites for hydroxylation is 1. The third-order valence-electron chi connectivity index (χ3n) is 4.05. The Hall–Kier alpha value is -1.06. The molecule has 20 heavy (non-hydrogen) atoms. The van der Waals surface area contributed by atoms with E-state index in [9.17, 15) is 5.11 Å². The van der Waals surface area contributed by atoms with Crippen LogP contribution >= 0.6 is 0 Å². The first kappa shape index (κ1) is 15.3. The summed E-state index contributed by atoms with van der Waals surface area (Å²) in [5.74, 6) is 1.73. The van der Waals surface area contributed by atoms with Crippen LogP contribution in [0.2, 0.25) is 0 Å². The predicted molar refractivity (Wildman–Crippen MR) is 82.1 cm³/mol. The number of benzene rings is 1. The largest absolute Gasteiger partial charge is 0.491 e. The number of rotatable bonds is 8. The molecule has 0 heterocycles. The first-order chi connectivity index (χ1) is 9.74. The van der Waals surface area contributed by atoms with E-state index in [4.69, 9.17) is 4.74 Å². The SMILES string of the molecule is Cc1ccc(OCC(O)CNCCC2CCCC2)cc1. The van der Waals surface area contributed by atoms with Crippen molar-refractivity contribution in [3.63, 3.8) is 0 Å².